The quantitative estimate of drug-likeness (QED) is 0.709. The molecule has 0 atom stereocenters. The lowest BCUT2D eigenvalue weighted by Crippen LogP contribution is -2.12. The van der Waals surface area contributed by atoms with Crippen LogP contribution in [0.3, 0.4) is 0 Å². The molecule has 0 radical (unpaired) electrons. The van der Waals surface area contributed by atoms with Gasteiger partial charge < -0.3 is 9.88 Å². The monoisotopic (exact) mass is 303 g/mol. The van der Waals surface area contributed by atoms with Crippen LogP contribution in [0.1, 0.15) is 0 Å². The van der Waals surface area contributed by atoms with Crippen LogP contribution in [0, 0.1) is 4.77 Å². The molecule has 1 N–H and O–H groups in total. The normalized spacial score (nSPS) is 10.9. The Balaban J connectivity index is 2.39. The SMILES string of the molecule is CN(C)c1ccccc1-n1c(=S)[nH]c2c(Cl)cccc21. The van der Waals surface area contributed by atoms with Gasteiger partial charge in [0.05, 0.1) is 27.4 Å². The summed E-state index contributed by atoms with van der Waals surface area (Å²) in [4.78, 5) is 5.26. The molecule has 0 saturated heterocycles. The van der Waals surface area contributed by atoms with Gasteiger partial charge >= 0.3 is 0 Å². The Morgan fingerprint density at radius 3 is 2.60 bits per heavy atom. The van der Waals surface area contributed by atoms with Crippen LogP contribution in [0.25, 0.3) is 16.7 Å². The average Bonchev–Trinajstić information content (AvgIpc) is 2.76. The number of halogens is 1. The van der Waals surface area contributed by atoms with Gasteiger partial charge in [-0.1, -0.05) is 29.8 Å². The van der Waals surface area contributed by atoms with E-state index in [1.807, 2.05) is 49.0 Å². The summed E-state index contributed by atoms with van der Waals surface area (Å²) < 4.78 is 2.66. The summed E-state index contributed by atoms with van der Waals surface area (Å²) in [7, 11) is 4.04. The smallest absolute Gasteiger partial charge is 0.182 e. The Hall–Kier alpha value is -1.78. The summed E-state index contributed by atoms with van der Waals surface area (Å²) in [6, 6.07) is 14.0. The summed E-state index contributed by atoms with van der Waals surface area (Å²) >= 11 is 11.7. The fourth-order valence-corrected chi connectivity index (χ4v) is 2.88. The largest absolute Gasteiger partial charge is 0.376 e. The minimum atomic E-state index is 0.641. The first kappa shape index (κ1) is 13.2. The number of imidazole rings is 1. The van der Waals surface area contributed by atoms with Crippen molar-refractivity contribution in [1.29, 1.82) is 0 Å². The Bertz CT molecular complexity index is 832. The van der Waals surface area contributed by atoms with Crippen molar-refractivity contribution < 1.29 is 0 Å². The van der Waals surface area contributed by atoms with Gasteiger partial charge in [0.25, 0.3) is 0 Å². The molecule has 1 heterocycles. The van der Waals surface area contributed by atoms with Crippen LogP contribution in [0.2, 0.25) is 5.02 Å². The first-order valence-corrected chi connectivity index (χ1v) is 7.04. The molecule has 0 unspecified atom stereocenters. The van der Waals surface area contributed by atoms with Crippen LogP contribution in [-0.2, 0) is 0 Å². The van der Waals surface area contributed by atoms with E-state index >= 15 is 0 Å². The molecule has 102 valence electrons. The van der Waals surface area contributed by atoms with E-state index in [-0.39, 0.29) is 0 Å². The lowest BCUT2D eigenvalue weighted by atomic mass is 10.2. The Labute approximate surface area is 127 Å². The number of nitrogens with one attached hydrogen (secondary N) is 1. The minimum absolute atomic E-state index is 0.641. The Morgan fingerprint density at radius 1 is 1.10 bits per heavy atom. The van der Waals surface area contributed by atoms with Crippen molar-refractivity contribution in [2.24, 2.45) is 0 Å². The zero-order chi connectivity index (χ0) is 14.3. The van der Waals surface area contributed by atoms with E-state index in [0.29, 0.717) is 9.79 Å². The Morgan fingerprint density at radius 2 is 1.85 bits per heavy atom. The lowest BCUT2D eigenvalue weighted by Gasteiger charge is -2.18. The van der Waals surface area contributed by atoms with Gasteiger partial charge in [-0.05, 0) is 36.5 Å². The molecule has 0 aliphatic carbocycles. The van der Waals surface area contributed by atoms with Crippen LogP contribution < -0.4 is 4.90 Å². The maximum atomic E-state index is 6.23. The number of fused-ring (bicyclic) bond motifs is 1. The first-order chi connectivity index (χ1) is 9.59. The number of benzene rings is 2. The molecular weight excluding hydrogens is 290 g/mol. The average molecular weight is 304 g/mol. The molecule has 3 nitrogen and oxygen atoms in total. The highest BCUT2D eigenvalue weighted by Crippen LogP contribution is 2.29. The molecule has 0 aliphatic heterocycles. The molecule has 0 spiro atoms. The second-order valence-electron chi connectivity index (χ2n) is 4.78. The van der Waals surface area contributed by atoms with E-state index in [9.17, 15) is 0 Å². The number of aromatic amines is 1. The van der Waals surface area contributed by atoms with Crippen molar-refractivity contribution in [2.75, 3.05) is 19.0 Å². The maximum absolute atomic E-state index is 6.23. The molecule has 3 rings (SSSR count). The predicted octanol–water partition coefficient (Wildman–Crippen LogP) is 4.41. The van der Waals surface area contributed by atoms with Gasteiger partial charge in [0.15, 0.2) is 4.77 Å². The predicted molar refractivity (Wildman–Crippen MR) is 87.8 cm³/mol. The van der Waals surface area contributed by atoms with Gasteiger partial charge in [-0.25, -0.2) is 0 Å². The molecule has 0 amide bonds. The van der Waals surface area contributed by atoms with Crippen LogP contribution >= 0.6 is 23.8 Å². The highest BCUT2D eigenvalue weighted by molar-refractivity contribution is 7.71. The number of rotatable bonds is 2. The second kappa shape index (κ2) is 4.96. The zero-order valence-electron chi connectivity index (χ0n) is 11.2. The highest BCUT2D eigenvalue weighted by atomic mass is 35.5. The van der Waals surface area contributed by atoms with Crippen molar-refractivity contribution >= 4 is 40.5 Å². The Kier molecular flexibility index (Phi) is 3.28. The number of H-pyrrole nitrogens is 1. The van der Waals surface area contributed by atoms with Gasteiger partial charge in [-0.15, -0.1) is 0 Å². The third-order valence-electron chi connectivity index (χ3n) is 3.27. The molecule has 20 heavy (non-hydrogen) atoms. The van der Waals surface area contributed by atoms with Crippen LogP contribution in [-0.4, -0.2) is 23.6 Å². The van der Waals surface area contributed by atoms with Gasteiger partial charge in [0.1, 0.15) is 0 Å². The standard InChI is InChI=1S/C15H14ClN3S/c1-18(2)11-7-3-4-8-12(11)19-13-9-5-6-10(16)14(13)17-15(19)20/h3-9H,1-2H3,(H,17,20). The number of para-hydroxylation sites is 3. The summed E-state index contributed by atoms with van der Waals surface area (Å²) in [5, 5.41) is 0.676. The number of hydrogen-bond donors (Lipinski definition) is 1. The summed E-state index contributed by atoms with van der Waals surface area (Å²) in [5.74, 6) is 0. The summed E-state index contributed by atoms with van der Waals surface area (Å²) in [5.41, 5.74) is 3.99. The van der Waals surface area contributed by atoms with E-state index in [1.54, 1.807) is 0 Å². The zero-order valence-corrected chi connectivity index (χ0v) is 12.8. The number of nitrogens with zero attached hydrogens (tertiary/aromatic N) is 2. The van der Waals surface area contributed by atoms with Crippen molar-refractivity contribution in [3.05, 3.63) is 52.3 Å². The molecule has 1 aromatic heterocycles. The molecule has 0 aliphatic rings. The third-order valence-corrected chi connectivity index (χ3v) is 3.87. The maximum Gasteiger partial charge on any atom is 0.182 e. The van der Waals surface area contributed by atoms with E-state index in [4.69, 9.17) is 23.8 Å². The molecule has 0 bridgehead atoms. The number of anilines is 1. The summed E-state index contributed by atoms with van der Waals surface area (Å²) in [6.45, 7) is 0. The van der Waals surface area contributed by atoms with Crippen molar-refractivity contribution in [2.45, 2.75) is 0 Å². The fraction of sp³-hybridized carbons (Fsp3) is 0.133. The molecule has 3 aromatic rings. The van der Waals surface area contributed by atoms with E-state index in [1.165, 1.54) is 0 Å². The van der Waals surface area contributed by atoms with E-state index in [0.717, 1.165) is 22.4 Å². The van der Waals surface area contributed by atoms with Gasteiger partial charge in [0.2, 0.25) is 0 Å². The van der Waals surface area contributed by atoms with E-state index in [2.05, 4.69) is 22.0 Å². The topological polar surface area (TPSA) is 24.0 Å². The van der Waals surface area contributed by atoms with Gasteiger partial charge in [0, 0.05) is 14.1 Å². The van der Waals surface area contributed by atoms with Crippen LogP contribution in [0.5, 0.6) is 0 Å². The minimum Gasteiger partial charge on any atom is -0.376 e. The molecular formula is C15H14ClN3S. The molecule has 0 fully saturated rings. The summed E-state index contributed by atoms with van der Waals surface area (Å²) in [6.07, 6.45) is 0. The van der Waals surface area contributed by atoms with Crippen LogP contribution in [0.4, 0.5) is 5.69 Å². The number of aromatic nitrogens is 2. The molecule has 2 aromatic carbocycles. The second-order valence-corrected chi connectivity index (χ2v) is 5.58. The van der Waals surface area contributed by atoms with Gasteiger partial charge in [-0.2, -0.15) is 0 Å². The fourth-order valence-electron chi connectivity index (χ4n) is 2.37. The first-order valence-electron chi connectivity index (χ1n) is 6.25. The van der Waals surface area contributed by atoms with Crippen LogP contribution in [0.15, 0.2) is 42.5 Å². The van der Waals surface area contributed by atoms with Gasteiger partial charge in [-0.3, -0.25) is 4.57 Å². The van der Waals surface area contributed by atoms with Crippen molar-refractivity contribution in [3.63, 3.8) is 0 Å². The molecule has 5 heteroatoms. The lowest BCUT2D eigenvalue weighted by molar-refractivity contribution is 1.03. The third kappa shape index (κ3) is 2.01. The number of hydrogen-bond acceptors (Lipinski definition) is 2. The van der Waals surface area contributed by atoms with Crippen molar-refractivity contribution in [1.82, 2.24) is 9.55 Å². The van der Waals surface area contributed by atoms with E-state index < -0.39 is 0 Å². The van der Waals surface area contributed by atoms with Crippen molar-refractivity contribution in [3.8, 4) is 5.69 Å². The molecule has 0 saturated carbocycles. The highest BCUT2D eigenvalue weighted by Gasteiger charge is 2.12.